The molecule has 45 heavy (non-hydrogen) atoms. The van der Waals surface area contributed by atoms with Crippen LogP contribution >= 0.6 is 0 Å². The van der Waals surface area contributed by atoms with Crippen LogP contribution in [0.5, 0.6) is 0 Å². The van der Waals surface area contributed by atoms with E-state index in [9.17, 15) is 0 Å². The number of benzene rings is 4. The maximum atomic E-state index is 5.02. The van der Waals surface area contributed by atoms with Crippen molar-refractivity contribution in [3.63, 3.8) is 0 Å². The highest BCUT2D eigenvalue weighted by Crippen LogP contribution is 2.52. The molecule has 0 radical (unpaired) electrons. The largest absolute Gasteiger partial charge is 0.334 e. The Bertz CT molecular complexity index is 2240. The zero-order valence-electron chi connectivity index (χ0n) is 26.2. The van der Waals surface area contributed by atoms with E-state index in [0.29, 0.717) is 0 Å². The summed E-state index contributed by atoms with van der Waals surface area (Å²) in [6.45, 7) is 9.42. The molecule has 3 heteroatoms. The molecule has 0 saturated carbocycles. The van der Waals surface area contributed by atoms with Crippen LogP contribution in [0.3, 0.4) is 0 Å². The number of fused-ring (bicyclic) bond motifs is 3. The van der Waals surface area contributed by atoms with Crippen molar-refractivity contribution >= 4 is 38.5 Å². The van der Waals surface area contributed by atoms with Gasteiger partial charge in [0.25, 0.3) is 0 Å². The summed E-state index contributed by atoms with van der Waals surface area (Å²) in [7, 11) is 0. The lowest BCUT2D eigenvalue weighted by atomic mass is 9.67. The molecule has 1 unspecified atom stereocenters. The molecule has 1 atom stereocenters. The molecule has 0 fully saturated rings. The predicted molar refractivity (Wildman–Crippen MR) is 187 cm³/mol. The molecular weight excluding hydrogens is 546 g/mol. The van der Waals surface area contributed by atoms with E-state index in [-0.39, 0.29) is 16.9 Å². The summed E-state index contributed by atoms with van der Waals surface area (Å²) in [5.74, 6) is 0. The van der Waals surface area contributed by atoms with Gasteiger partial charge in [0.2, 0.25) is 0 Å². The zero-order valence-corrected chi connectivity index (χ0v) is 26.2. The summed E-state index contributed by atoms with van der Waals surface area (Å²) in [5, 5.41) is 5.09. The standard InChI is InChI=1S/C42H35N3/c1-41(2)33-18-16-29(24-31(33)39-37-26(20-22-43-39)10-8-14-35(37)41)45(28-12-6-5-7-13-28)30-17-19-34-32(25-30)40-38-27(21-23-44-40)11-9-15-36(38)42(34,3)4/h5-24,30H,25H2,1-4H3. The molecule has 0 bridgehead atoms. The Hall–Kier alpha value is -5.02. The maximum absolute atomic E-state index is 5.02. The second-order valence-corrected chi connectivity index (χ2v) is 13.8. The zero-order chi connectivity index (χ0) is 30.5. The van der Waals surface area contributed by atoms with Gasteiger partial charge in [-0.05, 0) is 81.4 Å². The van der Waals surface area contributed by atoms with Crippen molar-refractivity contribution in [3.05, 3.63) is 150 Å². The highest BCUT2D eigenvalue weighted by molar-refractivity contribution is 6.02. The minimum atomic E-state index is -0.128. The molecule has 0 N–H and O–H groups in total. The second kappa shape index (κ2) is 9.25. The average Bonchev–Trinajstić information content (AvgIpc) is 3.06. The fraction of sp³-hybridized carbons (Fsp3) is 0.190. The van der Waals surface area contributed by atoms with Gasteiger partial charge >= 0.3 is 0 Å². The van der Waals surface area contributed by atoms with Crippen molar-refractivity contribution in [3.8, 4) is 11.3 Å². The van der Waals surface area contributed by atoms with Gasteiger partial charge in [-0.25, -0.2) is 0 Å². The first-order chi connectivity index (χ1) is 21.8. The fourth-order valence-electron chi connectivity index (χ4n) is 8.45. The number of allylic oxidation sites excluding steroid dienone is 2. The Morgan fingerprint density at radius 1 is 0.622 bits per heavy atom. The highest BCUT2D eigenvalue weighted by Gasteiger charge is 2.39. The Balaban J connectivity index is 1.22. The minimum Gasteiger partial charge on any atom is -0.334 e. The van der Waals surface area contributed by atoms with E-state index >= 15 is 0 Å². The molecule has 0 spiro atoms. The summed E-state index contributed by atoms with van der Waals surface area (Å²) >= 11 is 0. The van der Waals surface area contributed by atoms with Gasteiger partial charge in [-0.2, -0.15) is 0 Å². The maximum Gasteiger partial charge on any atom is 0.0787 e. The van der Waals surface area contributed by atoms with Crippen molar-refractivity contribution in [2.75, 3.05) is 4.90 Å². The normalized spacial score (nSPS) is 18.5. The van der Waals surface area contributed by atoms with Crippen LogP contribution in [0.2, 0.25) is 0 Å². The molecule has 2 heterocycles. The number of para-hydroxylation sites is 1. The van der Waals surface area contributed by atoms with E-state index < -0.39 is 0 Å². The van der Waals surface area contributed by atoms with Crippen LogP contribution in [0, 0.1) is 0 Å². The van der Waals surface area contributed by atoms with E-state index in [1.807, 2.05) is 12.4 Å². The molecule has 3 aliphatic rings. The monoisotopic (exact) mass is 581 g/mol. The Morgan fingerprint density at radius 2 is 1.29 bits per heavy atom. The fourth-order valence-corrected chi connectivity index (χ4v) is 8.45. The molecule has 218 valence electrons. The van der Waals surface area contributed by atoms with Crippen molar-refractivity contribution in [2.24, 2.45) is 0 Å². The van der Waals surface area contributed by atoms with E-state index in [0.717, 1.165) is 17.8 Å². The number of anilines is 2. The molecule has 6 aromatic rings. The lowest BCUT2D eigenvalue weighted by Crippen LogP contribution is -2.35. The highest BCUT2D eigenvalue weighted by atomic mass is 15.2. The Kier molecular flexibility index (Phi) is 5.42. The summed E-state index contributed by atoms with van der Waals surface area (Å²) in [6.07, 6.45) is 9.61. The number of hydrogen-bond acceptors (Lipinski definition) is 3. The lowest BCUT2D eigenvalue weighted by molar-refractivity contribution is 0.628. The minimum absolute atomic E-state index is 0.0981. The molecule has 9 rings (SSSR count). The van der Waals surface area contributed by atoms with E-state index in [4.69, 9.17) is 9.97 Å². The van der Waals surface area contributed by atoms with Crippen molar-refractivity contribution in [1.29, 1.82) is 0 Å². The van der Waals surface area contributed by atoms with Gasteiger partial charge in [0.1, 0.15) is 0 Å². The van der Waals surface area contributed by atoms with Gasteiger partial charge in [-0.3, -0.25) is 9.97 Å². The second-order valence-electron chi connectivity index (χ2n) is 13.8. The van der Waals surface area contributed by atoms with Gasteiger partial charge in [0.05, 0.1) is 17.4 Å². The van der Waals surface area contributed by atoms with Crippen molar-refractivity contribution in [1.82, 2.24) is 9.97 Å². The third-order valence-corrected chi connectivity index (χ3v) is 10.7. The summed E-state index contributed by atoms with van der Waals surface area (Å²) < 4.78 is 0. The number of aromatic nitrogens is 2. The molecule has 3 aliphatic carbocycles. The van der Waals surface area contributed by atoms with E-state index in [2.05, 4.69) is 142 Å². The molecule has 2 aromatic heterocycles. The Morgan fingerprint density at radius 3 is 2.02 bits per heavy atom. The van der Waals surface area contributed by atoms with Crippen LogP contribution < -0.4 is 4.90 Å². The molecule has 0 aliphatic heterocycles. The van der Waals surface area contributed by atoms with Gasteiger partial charge < -0.3 is 4.90 Å². The first kappa shape index (κ1) is 26.4. The predicted octanol–water partition coefficient (Wildman–Crippen LogP) is 10.3. The van der Waals surface area contributed by atoms with Gasteiger partial charge in [-0.15, -0.1) is 0 Å². The van der Waals surface area contributed by atoms with Crippen LogP contribution in [0.15, 0.2) is 127 Å². The van der Waals surface area contributed by atoms with Gasteiger partial charge in [0, 0.05) is 50.9 Å². The van der Waals surface area contributed by atoms with Crippen LogP contribution in [0.25, 0.3) is 38.4 Å². The number of nitrogens with zero attached hydrogens (tertiary/aromatic N) is 3. The first-order valence-electron chi connectivity index (χ1n) is 16.0. The quantitative estimate of drug-likeness (QED) is 0.208. The van der Waals surface area contributed by atoms with Crippen molar-refractivity contribution in [2.45, 2.75) is 51.0 Å². The summed E-state index contributed by atoms with van der Waals surface area (Å²) in [4.78, 5) is 12.5. The van der Waals surface area contributed by atoms with Crippen molar-refractivity contribution < 1.29 is 0 Å². The smallest absolute Gasteiger partial charge is 0.0787 e. The van der Waals surface area contributed by atoms with Crippen LogP contribution in [-0.2, 0) is 10.8 Å². The molecule has 0 amide bonds. The number of rotatable bonds is 3. The molecule has 4 aromatic carbocycles. The van der Waals surface area contributed by atoms with Gasteiger partial charge in [-0.1, -0.05) is 101 Å². The average molecular weight is 582 g/mol. The van der Waals surface area contributed by atoms with E-state index in [1.165, 1.54) is 66.3 Å². The lowest BCUT2D eigenvalue weighted by Gasteiger charge is -2.41. The summed E-state index contributed by atoms with van der Waals surface area (Å²) in [6, 6.07) is 35.7. The first-order valence-corrected chi connectivity index (χ1v) is 16.0. The van der Waals surface area contributed by atoms with Gasteiger partial charge in [0.15, 0.2) is 0 Å². The number of pyridine rings is 2. The topological polar surface area (TPSA) is 29.0 Å². The SMILES string of the molecule is CC1(C)C2=C(CC(N(c3ccccc3)c3ccc4c(c3)-c3nccc5cccc(c35)C4(C)C)C=C2)c2nccc3cccc1c23. The molecule has 0 saturated heterocycles. The third kappa shape index (κ3) is 3.64. The third-order valence-electron chi connectivity index (χ3n) is 10.7. The van der Waals surface area contributed by atoms with Crippen LogP contribution in [0.1, 0.15) is 56.5 Å². The number of hydrogen-bond donors (Lipinski definition) is 0. The van der Waals surface area contributed by atoms with Crippen LogP contribution in [0.4, 0.5) is 11.4 Å². The summed E-state index contributed by atoms with van der Waals surface area (Å²) in [5.41, 5.74) is 12.3. The molecule has 3 nitrogen and oxygen atoms in total. The molecular formula is C42H35N3. The van der Waals surface area contributed by atoms with E-state index in [1.54, 1.807) is 0 Å². The Labute approximate surface area is 264 Å². The van der Waals surface area contributed by atoms with Crippen LogP contribution in [-0.4, -0.2) is 16.0 Å².